The Balaban J connectivity index is 1.93. The van der Waals surface area contributed by atoms with E-state index in [2.05, 4.69) is 0 Å². The maximum atomic E-state index is 13.9. The van der Waals surface area contributed by atoms with Crippen LogP contribution in [0.1, 0.15) is 39.9 Å². The Labute approximate surface area is 194 Å². The van der Waals surface area contributed by atoms with Crippen LogP contribution in [0, 0.1) is 6.92 Å². The van der Waals surface area contributed by atoms with Gasteiger partial charge in [-0.05, 0) is 25.0 Å². The number of ketones is 1. The smallest absolute Gasteiger partial charge is 0.338 e. The molecule has 4 nitrogen and oxygen atoms in total. The standard InChI is InChI=1S/C29H26O4/c1-19-14-16-23(17-15-19)28(30)27-24(18-21-10-6-4-7-11-21)33-20(2)25(29(31)32-3)26(27)22-12-8-5-9-13-22/h4-17,26H,18H2,1-3H3. The van der Waals surface area contributed by atoms with E-state index in [-0.39, 0.29) is 5.78 Å². The van der Waals surface area contributed by atoms with Crippen LogP contribution in [0.4, 0.5) is 0 Å². The molecule has 4 rings (SSSR count). The highest BCUT2D eigenvalue weighted by atomic mass is 16.5. The Hall–Kier alpha value is -3.92. The second-order valence-corrected chi connectivity index (χ2v) is 8.10. The number of allylic oxidation sites excluding steroid dienone is 3. The fourth-order valence-corrected chi connectivity index (χ4v) is 4.18. The quantitative estimate of drug-likeness (QED) is 0.353. The average Bonchev–Trinajstić information content (AvgIpc) is 2.84. The molecule has 1 unspecified atom stereocenters. The number of hydrogen-bond donors (Lipinski definition) is 0. The first-order valence-electron chi connectivity index (χ1n) is 10.9. The number of rotatable bonds is 6. The van der Waals surface area contributed by atoms with Crippen molar-refractivity contribution in [2.24, 2.45) is 0 Å². The zero-order chi connectivity index (χ0) is 23.4. The third kappa shape index (κ3) is 4.65. The van der Waals surface area contributed by atoms with E-state index in [4.69, 9.17) is 9.47 Å². The van der Waals surface area contributed by atoms with Crippen LogP contribution in [0.3, 0.4) is 0 Å². The molecule has 0 N–H and O–H groups in total. The largest absolute Gasteiger partial charge is 0.466 e. The average molecular weight is 439 g/mol. The minimum atomic E-state index is -0.597. The van der Waals surface area contributed by atoms with Gasteiger partial charge in [-0.15, -0.1) is 0 Å². The van der Waals surface area contributed by atoms with Crippen LogP contribution in [-0.4, -0.2) is 18.9 Å². The predicted octanol–water partition coefficient (Wildman–Crippen LogP) is 5.94. The van der Waals surface area contributed by atoms with Crippen LogP contribution in [0.5, 0.6) is 0 Å². The zero-order valence-corrected chi connectivity index (χ0v) is 19.0. The van der Waals surface area contributed by atoms with Gasteiger partial charge < -0.3 is 9.47 Å². The molecule has 1 heterocycles. The van der Waals surface area contributed by atoms with E-state index in [0.717, 1.165) is 16.7 Å². The first kappa shape index (κ1) is 22.3. The summed E-state index contributed by atoms with van der Waals surface area (Å²) in [4.78, 5) is 26.8. The van der Waals surface area contributed by atoms with E-state index in [0.29, 0.717) is 34.6 Å². The van der Waals surface area contributed by atoms with Gasteiger partial charge in [0, 0.05) is 12.0 Å². The van der Waals surface area contributed by atoms with E-state index < -0.39 is 11.9 Å². The van der Waals surface area contributed by atoms with Gasteiger partial charge in [-0.1, -0.05) is 90.5 Å². The van der Waals surface area contributed by atoms with Gasteiger partial charge >= 0.3 is 5.97 Å². The van der Waals surface area contributed by atoms with Gasteiger partial charge in [-0.25, -0.2) is 4.79 Å². The molecule has 3 aromatic carbocycles. The second kappa shape index (κ2) is 9.70. The Kier molecular flexibility index (Phi) is 6.55. The summed E-state index contributed by atoms with van der Waals surface area (Å²) in [5.74, 6) is -0.272. The van der Waals surface area contributed by atoms with E-state index >= 15 is 0 Å². The van der Waals surface area contributed by atoms with Crippen molar-refractivity contribution in [2.45, 2.75) is 26.2 Å². The van der Waals surface area contributed by atoms with E-state index in [1.807, 2.05) is 91.9 Å². The summed E-state index contributed by atoms with van der Waals surface area (Å²) in [5.41, 5.74) is 4.27. The van der Waals surface area contributed by atoms with E-state index in [9.17, 15) is 9.59 Å². The molecular formula is C29H26O4. The van der Waals surface area contributed by atoms with Gasteiger partial charge in [0.1, 0.15) is 11.5 Å². The third-order valence-corrected chi connectivity index (χ3v) is 5.84. The van der Waals surface area contributed by atoms with Gasteiger partial charge in [0.25, 0.3) is 0 Å². The first-order valence-corrected chi connectivity index (χ1v) is 10.9. The molecule has 0 amide bonds. The lowest BCUT2D eigenvalue weighted by atomic mass is 9.78. The summed E-state index contributed by atoms with van der Waals surface area (Å²) in [5, 5.41) is 0. The Morgan fingerprint density at radius 2 is 1.42 bits per heavy atom. The molecule has 0 aliphatic carbocycles. The highest BCUT2D eigenvalue weighted by molar-refractivity contribution is 6.12. The van der Waals surface area contributed by atoms with Gasteiger partial charge in [0.05, 0.1) is 24.2 Å². The molecular weight excluding hydrogens is 412 g/mol. The summed E-state index contributed by atoms with van der Waals surface area (Å²) >= 11 is 0. The zero-order valence-electron chi connectivity index (χ0n) is 19.0. The molecule has 1 atom stereocenters. The van der Waals surface area contributed by atoms with Crippen LogP contribution in [0.15, 0.2) is 108 Å². The summed E-state index contributed by atoms with van der Waals surface area (Å²) in [6.45, 7) is 3.73. The van der Waals surface area contributed by atoms with Crippen LogP contribution in [0.25, 0.3) is 0 Å². The molecule has 0 fully saturated rings. The molecule has 4 heteroatoms. The number of carbonyl (C=O) groups is 2. The van der Waals surface area contributed by atoms with Crippen molar-refractivity contribution in [3.8, 4) is 0 Å². The molecule has 3 aromatic rings. The summed E-state index contributed by atoms with van der Waals surface area (Å²) in [7, 11) is 1.34. The number of methoxy groups -OCH3 is 1. The maximum absolute atomic E-state index is 13.9. The first-order chi connectivity index (χ1) is 16.0. The van der Waals surface area contributed by atoms with E-state index in [1.165, 1.54) is 7.11 Å². The van der Waals surface area contributed by atoms with Crippen molar-refractivity contribution in [1.82, 2.24) is 0 Å². The minimum Gasteiger partial charge on any atom is -0.466 e. The lowest BCUT2D eigenvalue weighted by molar-refractivity contribution is -0.136. The number of ether oxygens (including phenoxy) is 2. The normalized spacial score (nSPS) is 15.8. The number of aryl methyl sites for hydroxylation is 1. The molecule has 33 heavy (non-hydrogen) atoms. The highest BCUT2D eigenvalue weighted by Gasteiger charge is 2.39. The Morgan fingerprint density at radius 1 is 0.818 bits per heavy atom. The third-order valence-electron chi connectivity index (χ3n) is 5.84. The maximum Gasteiger partial charge on any atom is 0.338 e. The minimum absolute atomic E-state index is 0.163. The van der Waals surface area contributed by atoms with Crippen molar-refractivity contribution < 1.29 is 19.1 Å². The number of Topliss-reactive ketones (excluding diaryl/α,β-unsaturated/α-hetero) is 1. The number of esters is 1. The molecule has 0 spiro atoms. The monoisotopic (exact) mass is 438 g/mol. The topological polar surface area (TPSA) is 52.6 Å². The van der Waals surface area contributed by atoms with Crippen molar-refractivity contribution >= 4 is 11.8 Å². The van der Waals surface area contributed by atoms with E-state index in [1.54, 1.807) is 6.92 Å². The molecule has 1 aliphatic rings. The van der Waals surface area contributed by atoms with Crippen LogP contribution in [-0.2, 0) is 20.7 Å². The number of carbonyl (C=O) groups excluding carboxylic acids is 2. The van der Waals surface area contributed by atoms with Crippen LogP contribution < -0.4 is 0 Å². The molecule has 0 aromatic heterocycles. The van der Waals surface area contributed by atoms with Gasteiger partial charge in [0.2, 0.25) is 0 Å². The fraction of sp³-hybridized carbons (Fsp3) is 0.172. The van der Waals surface area contributed by atoms with Gasteiger partial charge in [-0.2, -0.15) is 0 Å². The fourth-order valence-electron chi connectivity index (χ4n) is 4.18. The molecule has 0 radical (unpaired) electrons. The Bertz CT molecular complexity index is 1220. The molecule has 0 saturated carbocycles. The lowest BCUT2D eigenvalue weighted by Crippen LogP contribution is -2.27. The van der Waals surface area contributed by atoms with Crippen LogP contribution >= 0.6 is 0 Å². The lowest BCUT2D eigenvalue weighted by Gasteiger charge is -2.31. The van der Waals surface area contributed by atoms with Crippen molar-refractivity contribution in [3.05, 3.63) is 130 Å². The van der Waals surface area contributed by atoms with Crippen molar-refractivity contribution in [2.75, 3.05) is 7.11 Å². The molecule has 0 saturated heterocycles. The molecule has 0 bridgehead atoms. The van der Waals surface area contributed by atoms with Crippen molar-refractivity contribution in [3.63, 3.8) is 0 Å². The Morgan fingerprint density at radius 3 is 2.03 bits per heavy atom. The molecule has 1 aliphatic heterocycles. The summed E-state index contributed by atoms with van der Waals surface area (Å²) < 4.78 is 11.3. The van der Waals surface area contributed by atoms with Gasteiger partial charge in [-0.3, -0.25) is 4.79 Å². The summed E-state index contributed by atoms with van der Waals surface area (Å²) in [6, 6.07) is 26.9. The summed E-state index contributed by atoms with van der Waals surface area (Å²) in [6.07, 6.45) is 0.433. The SMILES string of the molecule is COC(=O)C1=C(C)OC(Cc2ccccc2)=C(C(=O)c2ccc(C)cc2)C1c1ccccc1. The second-order valence-electron chi connectivity index (χ2n) is 8.10. The highest BCUT2D eigenvalue weighted by Crippen LogP contribution is 2.43. The number of hydrogen-bond acceptors (Lipinski definition) is 4. The van der Waals surface area contributed by atoms with Crippen molar-refractivity contribution in [1.29, 1.82) is 0 Å². The molecule has 166 valence electrons. The van der Waals surface area contributed by atoms with Crippen LogP contribution in [0.2, 0.25) is 0 Å². The predicted molar refractivity (Wildman–Crippen MR) is 128 cm³/mol. The number of benzene rings is 3. The van der Waals surface area contributed by atoms with Gasteiger partial charge in [0.15, 0.2) is 5.78 Å².